The highest BCUT2D eigenvalue weighted by atomic mass is 16.8. The number of amides is 4. The highest BCUT2D eigenvalue weighted by Crippen LogP contribution is 2.40. The molecule has 0 aromatic rings. The first-order chi connectivity index (χ1) is 50.4. The van der Waals surface area contributed by atoms with Gasteiger partial charge in [0.05, 0.1) is 65.0 Å². The van der Waals surface area contributed by atoms with Gasteiger partial charge in [-0.25, -0.2) is 4.79 Å². The Morgan fingerprint density at radius 2 is 0.748 bits per heavy atom. The first kappa shape index (κ1) is 88.4. The van der Waals surface area contributed by atoms with Gasteiger partial charge in [0.25, 0.3) is 5.79 Å². The lowest BCUT2D eigenvalue weighted by Gasteiger charge is -2.50. The number of carbonyl (C=O) groups excluding carboxylic acids is 4. The van der Waals surface area contributed by atoms with Crippen LogP contribution in [0, 0.1) is 0 Å². The van der Waals surface area contributed by atoms with Gasteiger partial charge in [-0.1, -0.05) is 0 Å². The molecule has 0 aromatic carbocycles. The molecule has 8 heterocycles. The zero-order valence-corrected chi connectivity index (χ0v) is 57.4. The first-order valence-electron chi connectivity index (χ1n) is 33.7. The molecule has 0 aliphatic carbocycles. The molecule has 8 aliphatic rings. The molecule has 4 amide bonds. The summed E-state index contributed by atoms with van der Waals surface area (Å²) in [7, 11) is 0. The number of carboxylic acid groups (broad SMARTS) is 1. The van der Waals surface area contributed by atoms with Gasteiger partial charge in [-0.05, 0) is 0 Å². The van der Waals surface area contributed by atoms with Crippen molar-refractivity contribution >= 4 is 29.6 Å². The molecule has 8 fully saturated rings. The third kappa shape index (κ3) is 19.7. The predicted molar refractivity (Wildman–Crippen MR) is 328 cm³/mol. The van der Waals surface area contributed by atoms with Crippen LogP contribution in [0.3, 0.4) is 0 Å². The molecule has 8 rings (SSSR count). The maximum absolute atomic E-state index is 13.0. The number of nitrogens with one attached hydrogen (secondary N) is 4. The molecule has 618 valence electrons. The summed E-state index contributed by atoms with van der Waals surface area (Å²) < 4.78 is 87.4. The molecule has 8 saturated heterocycles. The highest BCUT2D eigenvalue weighted by Gasteiger charge is 2.61. The number of carbonyl (C=O) groups is 5. The van der Waals surface area contributed by atoms with E-state index in [9.17, 15) is 147 Å². The zero-order chi connectivity index (χ0) is 79.3. The lowest BCUT2D eigenvalue weighted by molar-refractivity contribution is -0.389. The zero-order valence-electron chi connectivity index (χ0n) is 57.4. The first-order valence-corrected chi connectivity index (χ1v) is 33.7. The van der Waals surface area contributed by atoms with Crippen molar-refractivity contribution in [3.05, 3.63) is 0 Å². The van der Waals surface area contributed by atoms with E-state index in [2.05, 4.69) is 21.3 Å². The largest absolute Gasteiger partial charge is 0.477 e. The lowest BCUT2D eigenvalue weighted by Crippen LogP contribution is -2.70. The van der Waals surface area contributed by atoms with Crippen LogP contribution in [0.2, 0.25) is 0 Å². The minimum absolute atomic E-state index is 0.764. The number of ether oxygens (including phenoxy) is 15. The number of hydrogen-bond acceptors (Lipinski definition) is 43. The molecule has 0 bridgehead atoms. The van der Waals surface area contributed by atoms with Crippen molar-refractivity contribution in [1.29, 1.82) is 0 Å². The van der Waals surface area contributed by atoms with Gasteiger partial charge in [0.15, 0.2) is 44.0 Å². The quantitative estimate of drug-likeness (QED) is 0.0331. The second-order valence-corrected chi connectivity index (χ2v) is 26.8. The molecular formula is C59H98N4O44. The fourth-order valence-electron chi connectivity index (χ4n) is 13.6. The van der Waals surface area contributed by atoms with Gasteiger partial charge in [0.1, 0.15) is 189 Å². The Bertz CT molecular complexity index is 2870. The van der Waals surface area contributed by atoms with E-state index >= 15 is 0 Å². The van der Waals surface area contributed by atoms with E-state index in [1.54, 1.807) is 0 Å². The Kier molecular flexibility index (Phi) is 31.5. The normalized spacial score (nSPS) is 46.9. The molecule has 8 aliphatic heterocycles. The van der Waals surface area contributed by atoms with Crippen LogP contribution in [0.1, 0.15) is 34.1 Å². The fraction of sp³-hybridized carbons (Fsp3) is 0.915. The smallest absolute Gasteiger partial charge is 0.364 e. The average Bonchev–Trinajstić information content (AvgIpc) is 0.770. The van der Waals surface area contributed by atoms with Gasteiger partial charge in [-0.3, -0.25) is 19.2 Å². The third-order valence-electron chi connectivity index (χ3n) is 19.2. The number of rotatable bonds is 29. The second-order valence-electron chi connectivity index (χ2n) is 26.8. The van der Waals surface area contributed by atoms with E-state index in [4.69, 9.17) is 71.1 Å². The van der Waals surface area contributed by atoms with Crippen LogP contribution in [0.4, 0.5) is 0 Å². The van der Waals surface area contributed by atoms with E-state index < -0.39 is 340 Å². The summed E-state index contributed by atoms with van der Waals surface area (Å²) in [5, 5.41) is 273. The number of hydrogen-bond donors (Lipinski definition) is 28. The monoisotopic (exact) mass is 1570 g/mol. The van der Waals surface area contributed by atoms with Gasteiger partial charge in [0.2, 0.25) is 23.6 Å². The Balaban J connectivity index is 1.04. The molecule has 0 aromatic heterocycles. The van der Waals surface area contributed by atoms with Crippen molar-refractivity contribution in [1.82, 2.24) is 21.3 Å². The third-order valence-corrected chi connectivity index (χ3v) is 19.2. The van der Waals surface area contributed by atoms with Gasteiger partial charge in [0, 0.05) is 34.1 Å². The van der Waals surface area contributed by atoms with Crippen molar-refractivity contribution in [3.8, 4) is 0 Å². The lowest BCUT2D eigenvalue weighted by atomic mass is 9.88. The van der Waals surface area contributed by atoms with Crippen LogP contribution in [-0.4, -0.2) is 456 Å². The summed E-state index contributed by atoms with van der Waals surface area (Å²) in [5.41, 5.74) is 0. The molecule has 107 heavy (non-hydrogen) atoms. The minimum Gasteiger partial charge on any atom is -0.477 e. The summed E-state index contributed by atoms with van der Waals surface area (Å²) in [6.45, 7) is -5.00. The molecule has 0 spiro atoms. The predicted octanol–water partition coefficient (Wildman–Crippen LogP) is -18.7. The number of aliphatic carboxylic acids is 1. The summed E-state index contributed by atoms with van der Waals surface area (Å²) in [4.78, 5) is 62.8. The average molecular weight is 1570 g/mol. The van der Waals surface area contributed by atoms with Crippen molar-refractivity contribution in [3.63, 3.8) is 0 Å². The number of aliphatic hydroxyl groups excluding tert-OH is 23. The van der Waals surface area contributed by atoms with E-state index in [0.29, 0.717) is 0 Å². The van der Waals surface area contributed by atoms with E-state index in [1.807, 2.05) is 0 Å². The van der Waals surface area contributed by atoms with Crippen LogP contribution in [-0.2, 0) is 95.0 Å². The Morgan fingerprint density at radius 1 is 0.383 bits per heavy atom. The highest BCUT2D eigenvalue weighted by molar-refractivity contribution is 5.77. The van der Waals surface area contributed by atoms with Gasteiger partial charge < -0.3 is 215 Å². The minimum atomic E-state index is -3.05. The number of aliphatic hydroxyl groups is 23. The van der Waals surface area contributed by atoms with Crippen molar-refractivity contribution in [2.45, 2.75) is 285 Å². The van der Waals surface area contributed by atoms with Gasteiger partial charge in [-0.2, -0.15) is 0 Å². The summed E-state index contributed by atoms with van der Waals surface area (Å²) in [6, 6.07) is -7.09. The number of carboxylic acids is 1. The van der Waals surface area contributed by atoms with E-state index in [-0.39, 0.29) is 0 Å². The van der Waals surface area contributed by atoms with Crippen LogP contribution >= 0.6 is 0 Å². The Hall–Kier alpha value is -4.17. The fourth-order valence-corrected chi connectivity index (χ4v) is 13.6. The van der Waals surface area contributed by atoms with Gasteiger partial charge >= 0.3 is 5.97 Å². The maximum atomic E-state index is 13.0. The van der Waals surface area contributed by atoms with Crippen LogP contribution in [0.5, 0.6) is 0 Å². The van der Waals surface area contributed by atoms with Crippen molar-refractivity contribution < 1.29 is 218 Å². The standard InChI is InChI=1S/C59H98N4O44/c1-14(70)60-27-18(74)5-59(58(91)92,107-48(27)31(76)19(75)6-64)94-13-26-34(79)40(85)43(88)55(101-26)103-46-23(10-68)99-53(30(38(46)83)63-17(4)73)106-50-41(86)33(78)21(8-66)97-57(50)93-12-25-35(80)49(105-54-42(87)39(84)32(77)20(7-65)96-54)44(89)56(100-25)104-47-24(11-69)98-52(29(37(47)82)62-16(3)72)102-45-22(9-67)95-51(90)28(36(45)81)61-15(2)71/h18-57,64-69,74-90H,5-13H2,1-4H3,(H,60,70)(H,61,71)(H,62,72)(H,63,73)(H,91,92)/t18-,19+,20+,21+,22+,23+,24+,25+,26+,27+,28+,29+,30+,31+,32+,33+,34-,35+,36+,37+,38+,39-,40-,41-,42-,43+,44-,45+,46+,47+,48+,49-,50-,51+,52+,53+,54+,55+,56+,57-,59+/m0/s1. The Labute approximate surface area is 605 Å². The van der Waals surface area contributed by atoms with Crippen LogP contribution in [0.25, 0.3) is 0 Å². The van der Waals surface area contributed by atoms with Crippen molar-refractivity contribution in [2.24, 2.45) is 0 Å². The van der Waals surface area contributed by atoms with E-state index in [0.717, 1.165) is 27.7 Å². The van der Waals surface area contributed by atoms with E-state index in [1.165, 1.54) is 0 Å². The summed E-state index contributed by atoms with van der Waals surface area (Å²) in [6.07, 6.45) is -76.3. The van der Waals surface area contributed by atoms with Crippen molar-refractivity contribution in [2.75, 3.05) is 52.9 Å². The topological polar surface area (TPSA) is 757 Å². The molecule has 0 unspecified atom stereocenters. The second kappa shape index (κ2) is 38.1. The molecule has 28 N–H and O–H groups in total. The van der Waals surface area contributed by atoms with Crippen LogP contribution < -0.4 is 21.3 Å². The molecule has 48 heteroatoms. The van der Waals surface area contributed by atoms with Gasteiger partial charge in [-0.15, -0.1) is 0 Å². The summed E-state index contributed by atoms with van der Waals surface area (Å²) >= 11 is 0. The summed E-state index contributed by atoms with van der Waals surface area (Å²) in [5.74, 6) is -8.54. The maximum Gasteiger partial charge on any atom is 0.364 e. The Morgan fingerprint density at radius 3 is 1.21 bits per heavy atom. The van der Waals surface area contributed by atoms with Crippen LogP contribution in [0.15, 0.2) is 0 Å². The molecule has 0 radical (unpaired) electrons. The molecule has 0 saturated carbocycles. The molecule has 48 nitrogen and oxygen atoms in total. The molecular weight excluding hydrogens is 1470 g/mol. The SMILES string of the molecule is CC(=O)N[C@@H]1[C@@H](O)[C@H](O[C@H]2O[C@H](CO)[C@@H](O[C@H]3O[C@H](CO[C@H]4O[C@H](CO)[C@@H](O)[C@H](O)[C@@H]4O[C@H]4O[C@H](CO)[C@@H](O[C@H]5O[C@H](CO[C@]6(C(=O)O)C[C@H](O)[C@@H](NC(C)=O)[C@H]([C@H](O)[C@H](O)CO)O6)[C@H](O)[C@H](O)[C@H]5O)[C@H](O)[C@H]4NC(C)=O)[C@@H](O)[C@H](O[C@H]4O[C@H](CO)[C@@H](O)[C@H](O)[C@@H]4O)[C@@H]3O)[C@H](O)[C@H]2NC(C)=O)[C@@H](CO)O[C@H]1O. The molecule has 41 atom stereocenters.